The normalized spacial score (nSPS) is 17.5. The molecule has 1 amide bonds. The van der Waals surface area contributed by atoms with Gasteiger partial charge in [0.2, 0.25) is 5.91 Å². The van der Waals surface area contributed by atoms with Crippen molar-refractivity contribution < 1.29 is 9.53 Å². The largest absolute Gasteiger partial charge is 0.497 e. The number of methoxy groups -OCH3 is 1. The van der Waals surface area contributed by atoms with Crippen molar-refractivity contribution in [3.8, 4) is 5.75 Å². The van der Waals surface area contributed by atoms with Crippen LogP contribution < -0.4 is 10.1 Å². The molecule has 0 spiro atoms. The maximum Gasteiger partial charge on any atom is 0.230 e. The molecule has 1 aliphatic carbocycles. The smallest absolute Gasteiger partial charge is 0.230 e. The van der Waals surface area contributed by atoms with Gasteiger partial charge < -0.3 is 15.0 Å². The van der Waals surface area contributed by atoms with Crippen LogP contribution in [0.2, 0.25) is 0 Å². The first-order valence-electron chi connectivity index (χ1n) is 7.57. The zero-order valence-corrected chi connectivity index (χ0v) is 12.8. The van der Waals surface area contributed by atoms with Crippen molar-refractivity contribution in [3.05, 3.63) is 30.0 Å². The second kappa shape index (κ2) is 5.10. The maximum atomic E-state index is 12.6. The van der Waals surface area contributed by atoms with Crippen LogP contribution in [0.15, 0.2) is 24.4 Å². The van der Waals surface area contributed by atoms with Crippen LogP contribution in [0.5, 0.6) is 5.75 Å². The minimum Gasteiger partial charge on any atom is -0.497 e. The fourth-order valence-corrected chi connectivity index (χ4v) is 2.83. The SMILES string of the molecule is CCC(C)NC(=O)C1(c2c[nH]c3ccc(OC)cc23)CC1. The number of amides is 1. The van der Waals surface area contributed by atoms with Crippen LogP contribution in [0.25, 0.3) is 10.9 Å². The fourth-order valence-electron chi connectivity index (χ4n) is 2.83. The minimum absolute atomic E-state index is 0.153. The van der Waals surface area contributed by atoms with Gasteiger partial charge in [-0.05, 0) is 49.9 Å². The third-order valence-corrected chi connectivity index (χ3v) is 4.58. The predicted octanol–water partition coefficient (Wildman–Crippen LogP) is 3.12. The van der Waals surface area contributed by atoms with E-state index in [0.717, 1.165) is 41.5 Å². The van der Waals surface area contributed by atoms with Gasteiger partial charge in [0.25, 0.3) is 0 Å². The summed E-state index contributed by atoms with van der Waals surface area (Å²) in [5.41, 5.74) is 1.79. The number of H-pyrrole nitrogens is 1. The number of carbonyl (C=O) groups excluding carboxylic acids is 1. The number of hydrogen-bond acceptors (Lipinski definition) is 2. The van der Waals surface area contributed by atoms with Gasteiger partial charge in [-0.15, -0.1) is 0 Å². The number of nitrogens with one attached hydrogen (secondary N) is 2. The highest BCUT2D eigenvalue weighted by molar-refractivity contribution is 5.98. The molecule has 4 nitrogen and oxygen atoms in total. The Morgan fingerprint density at radius 3 is 2.86 bits per heavy atom. The second-order valence-corrected chi connectivity index (χ2v) is 5.98. The van der Waals surface area contributed by atoms with Gasteiger partial charge in [-0.1, -0.05) is 6.92 Å². The number of ether oxygens (including phenoxy) is 1. The van der Waals surface area contributed by atoms with Gasteiger partial charge in [0, 0.05) is 23.1 Å². The minimum atomic E-state index is -0.353. The number of hydrogen-bond donors (Lipinski definition) is 2. The average Bonchev–Trinajstić information content (AvgIpc) is 3.20. The van der Waals surface area contributed by atoms with E-state index in [4.69, 9.17) is 4.74 Å². The van der Waals surface area contributed by atoms with E-state index in [1.54, 1.807) is 7.11 Å². The fraction of sp³-hybridized carbons (Fsp3) is 0.471. The highest BCUT2D eigenvalue weighted by atomic mass is 16.5. The van der Waals surface area contributed by atoms with Crippen LogP contribution in [0, 0.1) is 0 Å². The molecular formula is C17H22N2O2. The highest BCUT2D eigenvalue weighted by Crippen LogP contribution is 2.51. The molecule has 112 valence electrons. The molecule has 1 saturated carbocycles. The first-order chi connectivity index (χ1) is 10.1. The Balaban J connectivity index is 1.97. The van der Waals surface area contributed by atoms with Crippen molar-refractivity contribution in [2.24, 2.45) is 0 Å². The van der Waals surface area contributed by atoms with Crippen LogP contribution >= 0.6 is 0 Å². The number of rotatable bonds is 5. The summed E-state index contributed by atoms with van der Waals surface area (Å²) >= 11 is 0. The molecule has 1 atom stereocenters. The van der Waals surface area contributed by atoms with Crippen LogP contribution in [0.4, 0.5) is 0 Å². The Bertz CT molecular complexity index is 670. The molecule has 4 heteroatoms. The Morgan fingerprint density at radius 1 is 1.48 bits per heavy atom. The van der Waals surface area contributed by atoms with Crippen LogP contribution in [0.3, 0.4) is 0 Å². The van der Waals surface area contributed by atoms with Gasteiger partial charge >= 0.3 is 0 Å². The molecule has 1 heterocycles. The molecule has 2 N–H and O–H groups in total. The van der Waals surface area contributed by atoms with E-state index in [2.05, 4.69) is 17.2 Å². The molecule has 0 saturated heterocycles. The third kappa shape index (κ3) is 2.28. The van der Waals surface area contributed by atoms with Gasteiger partial charge in [-0.25, -0.2) is 0 Å². The summed E-state index contributed by atoms with van der Waals surface area (Å²) in [5.74, 6) is 0.974. The first-order valence-corrected chi connectivity index (χ1v) is 7.57. The van der Waals surface area contributed by atoms with Crippen molar-refractivity contribution in [1.82, 2.24) is 10.3 Å². The maximum absolute atomic E-state index is 12.6. The topological polar surface area (TPSA) is 54.1 Å². The van der Waals surface area contributed by atoms with Crippen molar-refractivity contribution in [3.63, 3.8) is 0 Å². The van der Waals surface area contributed by atoms with Gasteiger partial charge in [0.05, 0.1) is 12.5 Å². The number of benzene rings is 1. The van der Waals surface area contributed by atoms with E-state index in [9.17, 15) is 4.79 Å². The van der Waals surface area contributed by atoms with E-state index < -0.39 is 0 Å². The predicted molar refractivity (Wildman–Crippen MR) is 83.7 cm³/mol. The van der Waals surface area contributed by atoms with Crippen LogP contribution in [-0.4, -0.2) is 24.0 Å². The summed E-state index contributed by atoms with van der Waals surface area (Å²) in [7, 11) is 1.66. The molecule has 1 unspecified atom stereocenters. The summed E-state index contributed by atoms with van der Waals surface area (Å²) in [4.78, 5) is 15.9. The Kier molecular flexibility index (Phi) is 3.40. The Morgan fingerprint density at radius 2 is 2.24 bits per heavy atom. The number of aromatic nitrogens is 1. The van der Waals surface area contributed by atoms with E-state index in [1.165, 1.54) is 0 Å². The molecule has 1 aromatic carbocycles. The Hall–Kier alpha value is -1.97. The quantitative estimate of drug-likeness (QED) is 0.887. The van der Waals surface area contributed by atoms with Crippen molar-refractivity contribution in [2.75, 3.05) is 7.11 Å². The lowest BCUT2D eigenvalue weighted by molar-refractivity contribution is -0.124. The van der Waals surface area contributed by atoms with Crippen LogP contribution in [0.1, 0.15) is 38.7 Å². The monoisotopic (exact) mass is 286 g/mol. The average molecular weight is 286 g/mol. The second-order valence-electron chi connectivity index (χ2n) is 5.98. The van der Waals surface area contributed by atoms with Crippen molar-refractivity contribution in [1.29, 1.82) is 0 Å². The molecule has 1 fully saturated rings. The van der Waals surface area contributed by atoms with E-state index >= 15 is 0 Å². The van der Waals surface area contributed by atoms with E-state index in [-0.39, 0.29) is 17.4 Å². The highest BCUT2D eigenvalue weighted by Gasteiger charge is 2.52. The number of aromatic amines is 1. The molecule has 1 aliphatic rings. The van der Waals surface area contributed by atoms with Crippen molar-refractivity contribution >= 4 is 16.8 Å². The summed E-state index contributed by atoms with van der Waals surface area (Å²) in [6.07, 6.45) is 4.76. The zero-order valence-electron chi connectivity index (χ0n) is 12.8. The molecule has 1 aromatic heterocycles. The first kappa shape index (κ1) is 14.0. The lowest BCUT2D eigenvalue weighted by Crippen LogP contribution is -2.39. The molecule has 0 bridgehead atoms. The van der Waals surface area contributed by atoms with Crippen molar-refractivity contribution in [2.45, 2.75) is 44.6 Å². The van der Waals surface area contributed by atoms with Crippen LogP contribution in [-0.2, 0) is 10.2 Å². The number of fused-ring (bicyclic) bond motifs is 1. The molecule has 3 rings (SSSR count). The molecule has 2 aromatic rings. The molecule has 0 aliphatic heterocycles. The van der Waals surface area contributed by atoms with Gasteiger partial charge in [0.15, 0.2) is 0 Å². The summed E-state index contributed by atoms with van der Waals surface area (Å²) in [6.45, 7) is 4.13. The lowest BCUT2D eigenvalue weighted by Gasteiger charge is -2.18. The molecular weight excluding hydrogens is 264 g/mol. The lowest BCUT2D eigenvalue weighted by atomic mass is 9.94. The van der Waals surface area contributed by atoms with Gasteiger partial charge in [0.1, 0.15) is 5.75 Å². The third-order valence-electron chi connectivity index (χ3n) is 4.58. The zero-order chi connectivity index (χ0) is 15.0. The molecule has 21 heavy (non-hydrogen) atoms. The summed E-state index contributed by atoms with van der Waals surface area (Å²) < 4.78 is 5.31. The summed E-state index contributed by atoms with van der Waals surface area (Å²) in [6, 6.07) is 6.16. The number of carbonyl (C=O) groups is 1. The standard InChI is InChI=1S/C17H22N2O2/c1-4-11(2)19-16(20)17(7-8-17)14-10-18-15-6-5-12(21-3)9-13(14)15/h5-6,9-11,18H,4,7-8H2,1-3H3,(H,19,20). The van der Waals surface area contributed by atoms with E-state index in [0.29, 0.717) is 0 Å². The molecule has 0 radical (unpaired) electrons. The summed E-state index contributed by atoms with van der Waals surface area (Å²) in [5, 5.41) is 4.22. The van der Waals surface area contributed by atoms with E-state index in [1.807, 2.05) is 31.3 Å². The Labute approximate surface area is 124 Å². The van der Waals surface area contributed by atoms with Gasteiger partial charge in [-0.3, -0.25) is 4.79 Å². The van der Waals surface area contributed by atoms with Gasteiger partial charge in [-0.2, -0.15) is 0 Å².